The maximum atomic E-state index is 12.1. The summed E-state index contributed by atoms with van der Waals surface area (Å²) in [6.45, 7) is 0.815. The summed E-state index contributed by atoms with van der Waals surface area (Å²) in [5.74, 6) is 0.838. The third kappa shape index (κ3) is 3.67. The zero-order chi connectivity index (χ0) is 12.1. The minimum Gasteiger partial charge on any atom is -0.468 e. The lowest BCUT2D eigenvalue weighted by Crippen LogP contribution is -2.11. The van der Waals surface area contributed by atoms with Gasteiger partial charge in [-0.3, -0.25) is 4.68 Å². The van der Waals surface area contributed by atoms with Crippen LogP contribution in [0.4, 0.5) is 8.78 Å². The molecule has 0 bridgehead atoms. The van der Waals surface area contributed by atoms with Gasteiger partial charge in [0.15, 0.2) is 0 Å². The summed E-state index contributed by atoms with van der Waals surface area (Å²) in [6.07, 6.45) is 2.43. The lowest BCUT2D eigenvalue weighted by Gasteiger charge is -2.00. The monoisotopic (exact) mass is 241 g/mol. The van der Waals surface area contributed by atoms with E-state index in [0.717, 1.165) is 11.3 Å². The molecule has 0 radical (unpaired) electrons. The Hall–Kier alpha value is -1.69. The van der Waals surface area contributed by atoms with Crippen molar-refractivity contribution in [3.63, 3.8) is 0 Å². The van der Waals surface area contributed by atoms with Crippen molar-refractivity contribution in [2.45, 2.75) is 26.1 Å². The second-order valence-corrected chi connectivity index (χ2v) is 3.64. The van der Waals surface area contributed by atoms with Crippen LogP contribution in [0.5, 0.6) is 0 Å². The van der Waals surface area contributed by atoms with Crippen LogP contribution in [0.3, 0.4) is 0 Å². The van der Waals surface area contributed by atoms with Crippen LogP contribution in [0.15, 0.2) is 35.2 Å². The van der Waals surface area contributed by atoms with Gasteiger partial charge in [0, 0.05) is 18.3 Å². The molecule has 0 atom stereocenters. The number of hydrogen-bond acceptors (Lipinski definition) is 3. The normalized spacial score (nSPS) is 11.2. The Morgan fingerprint density at radius 3 is 3.00 bits per heavy atom. The van der Waals surface area contributed by atoms with Gasteiger partial charge in [0.2, 0.25) is 0 Å². The Labute approximate surface area is 97.2 Å². The van der Waals surface area contributed by atoms with Crippen LogP contribution in [-0.2, 0) is 19.6 Å². The molecule has 1 N–H and O–H groups in total. The predicted octanol–water partition coefficient (Wildman–Crippen LogP) is 2.03. The second kappa shape index (κ2) is 5.58. The average molecular weight is 241 g/mol. The second-order valence-electron chi connectivity index (χ2n) is 3.64. The van der Waals surface area contributed by atoms with Crippen molar-refractivity contribution in [3.05, 3.63) is 42.1 Å². The highest BCUT2D eigenvalue weighted by Crippen LogP contribution is 2.03. The standard InChI is InChI=1S/C11H13F2N3O/c12-11(13)8-16-7-9(5-15-16)4-14-6-10-2-1-3-17-10/h1-3,5,7,11,14H,4,6,8H2. The molecule has 6 heteroatoms. The first kappa shape index (κ1) is 11.8. The van der Waals surface area contributed by atoms with E-state index in [1.165, 1.54) is 4.68 Å². The Morgan fingerprint density at radius 1 is 1.41 bits per heavy atom. The number of alkyl halides is 2. The van der Waals surface area contributed by atoms with Crippen molar-refractivity contribution in [3.8, 4) is 0 Å². The molecule has 0 spiro atoms. The molecule has 0 aromatic carbocycles. The molecule has 0 saturated heterocycles. The zero-order valence-corrected chi connectivity index (χ0v) is 9.14. The number of halogens is 2. The Balaban J connectivity index is 1.77. The van der Waals surface area contributed by atoms with Crippen molar-refractivity contribution in [1.82, 2.24) is 15.1 Å². The number of nitrogens with one attached hydrogen (secondary N) is 1. The van der Waals surface area contributed by atoms with Gasteiger partial charge in [-0.15, -0.1) is 0 Å². The van der Waals surface area contributed by atoms with Crippen molar-refractivity contribution in [2.75, 3.05) is 0 Å². The van der Waals surface area contributed by atoms with Crippen LogP contribution < -0.4 is 5.32 Å². The van der Waals surface area contributed by atoms with Crippen LogP contribution >= 0.6 is 0 Å². The molecule has 2 rings (SSSR count). The van der Waals surface area contributed by atoms with Crippen LogP contribution in [0.2, 0.25) is 0 Å². The maximum absolute atomic E-state index is 12.1. The Bertz CT molecular complexity index is 439. The van der Waals surface area contributed by atoms with Gasteiger partial charge in [0.1, 0.15) is 12.3 Å². The smallest absolute Gasteiger partial charge is 0.257 e. The highest BCUT2D eigenvalue weighted by Gasteiger charge is 2.05. The number of nitrogens with zero attached hydrogens (tertiary/aromatic N) is 2. The number of rotatable bonds is 6. The number of furan rings is 1. The minimum absolute atomic E-state index is 0.363. The fraction of sp³-hybridized carbons (Fsp3) is 0.364. The van der Waals surface area contributed by atoms with Gasteiger partial charge < -0.3 is 9.73 Å². The van der Waals surface area contributed by atoms with Crippen LogP contribution in [0.25, 0.3) is 0 Å². The lowest BCUT2D eigenvalue weighted by molar-refractivity contribution is 0.122. The molecule has 0 aliphatic rings. The molecule has 17 heavy (non-hydrogen) atoms. The molecule has 92 valence electrons. The van der Waals surface area contributed by atoms with Crippen molar-refractivity contribution >= 4 is 0 Å². The summed E-state index contributed by atoms with van der Waals surface area (Å²) in [4.78, 5) is 0. The summed E-state index contributed by atoms with van der Waals surface area (Å²) < 4.78 is 30.5. The van der Waals surface area contributed by atoms with E-state index < -0.39 is 6.43 Å². The van der Waals surface area contributed by atoms with Crippen molar-refractivity contribution in [1.29, 1.82) is 0 Å². The zero-order valence-electron chi connectivity index (χ0n) is 9.14. The molecule has 0 fully saturated rings. The molecule has 0 amide bonds. The number of hydrogen-bond donors (Lipinski definition) is 1. The van der Waals surface area contributed by atoms with E-state index in [-0.39, 0.29) is 6.54 Å². The summed E-state index contributed by atoms with van der Waals surface area (Å²) in [6, 6.07) is 3.69. The van der Waals surface area contributed by atoms with Gasteiger partial charge in [-0.2, -0.15) is 5.10 Å². The minimum atomic E-state index is -2.38. The third-order valence-electron chi connectivity index (χ3n) is 2.22. The van der Waals surface area contributed by atoms with E-state index in [2.05, 4.69) is 10.4 Å². The van der Waals surface area contributed by atoms with Crippen LogP contribution in [0.1, 0.15) is 11.3 Å². The summed E-state index contributed by atoms with van der Waals surface area (Å²) >= 11 is 0. The number of aromatic nitrogens is 2. The largest absolute Gasteiger partial charge is 0.468 e. The molecule has 2 aromatic rings. The topological polar surface area (TPSA) is 43.0 Å². The van der Waals surface area contributed by atoms with E-state index in [1.54, 1.807) is 18.7 Å². The van der Waals surface area contributed by atoms with E-state index in [9.17, 15) is 8.78 Å². The van der Waals surface area contributed by atoms with Gasteiger partial charge in [-0.1, -0.05) is 0 Å². The fourth-order valence-corrected chi connectivity index (χ4v) is 1.48. The summed E-state index contributed by atoms with van der Waals surface area (Å²) in [5, 5.41) is 6.98. The first-order valence-electron chi connectivity index (χ1n) is 5.26. The van der Waals surface area contributed by atoms with Gasteiger partial charge in [0.05, 0.1) is 19.0 Å². The van der Waals surface area contributed by atoms with E-state index in [4.69, 9.17) is 4.42 Å². The average Bonchev–Trinajstić information content (AvgIpc) is 2.89. The molecular formula is C11H13F2N3O. The lowest BCUT2D eigenvalue weighted by atomic mass is 10.3. The molecule has 0 unspecified atom stereocenters. The Kier molecular flexibility index (Phi) is 3.87. The first-order chi connectivity index (χ1) is 8.24. The summed E-state index contributed by atoms with van der Waals surface area (Å²) in [5.41, 5.74) is 0.872. The predicted molar refractivity (Wildman–Crippen MR) is 57.5 cm³/mol. The molecule has 2 aromatic heterocycles. The van der Waals surface area contributed by atoms with Crippen LogP contribution in [-0.4, -0.2) is 16.2 Å². The SMILES string of the molecule is FC(F)Cn1cc(CNCc2ccco2)cn1. The van der Waals surface area contributed by atoms with Crippen LogP contribution in [0, 0.1) is 0 Å². The molecular weight excluding hydrogens is 228 g/mol. The maximum Gasteiger partial charge on any atom is 0.257 e. The summed E-state index contributed by atoms with van der Waals surface area (Å²) in [7, 11) is 0. The van der Waals surface area contributed by atoms with Crippen molar-refractivity contribution < 1.29 is 13.2 Å². The van der Waals surface area contributed by atoms with E-state index in [0.29, 0.717) is 13.1 Å². The molecule has 0 aliphatic carbocycles. The highest BCUT2D eigenvalue weighted by molar-refractivity contribution is 5.04. The fourth-order valence-electron chi connectivity index (χ4n) is 1.48. The third-order valence-corrected chi connectivity index (χ3v) is 2.22. The quantitative estimate of drug-likeness (QED) is 0.841. The van der Waals surface area contributed by atoms with Gasteiger partial charge >= 0.3 is 0 Å². The van der Waals surface area contributed by atoms with Gasteiger partial charge in [0.25, 0.3) is 6.43 Å². The molecule has 0 saturated carbocycles. The molecule has 0 aliphatic heterocycles. The molecule has 2 heterocycles. The van der Waals surface area contributed by atoms with E-state index in [1.807, 2.05) is 12.1 Å². The highest BCUT2D eigenvalue weighted by atomic mass is 19.3. The van der Waals surface area contributed by atoms with Crippen molar-refractivity contribution in [2.24, 2.45) is 0 Å². The molecule has 4 nitrogen and oxygen atoms in total. The van der Waals surface area contributed by atoms with Gasteiger partial charge in [-0.05, 0) is 12.1 Å². The van der Waals surface area contributed by atoms with Gasteiger partial charge in [-0.25, -0.2) is 8.78 Å². The van der Waals surface area contributed by atoms with E-state index >= 15 is 0 Å². The first-order valence-corrected chi connectivity index (χ1v) is 5.26. The Morgan fingerprint density at radius 2 is 2.29 bits per heavy atom.